The van der Waals surface area contributed by atoms with Crippen molar-refractivity contribution < 1.29 is 8.83 Å². The van der Waals surface area contributed by atoms with E-state index in [-0.39, 0.29) is 0 Å². The average molecular weight is 810 g/mol. The first-order chi connectivity index (χ1) is 31.1. The summed E-state index contributed by atoms with van der Waals surface area (Å²) in [5, 5.41) is 8.86. The molecule has 0 saturated heterocycles. The molecule has 2 aromatic heterocycles. The molecule has 0 atom stereocenters. The average Bonchev–Trinajstić information content (AvgIpc) is 3.91. The van der Waals surface area contributed by atoms with Crippen molar-refractivity contribution >= 4 is 100 Å². The molecule has 11 rings (SSSR count). The van der Waals surface area contributed by atoms with Crippen LogP contribution >= 0.6 is 0 Å². The lowest BCUT2D eigenvalue weighted by molar-refractivity contribution is 0.672. The van der Waals surface area contributed by atoms with Crippen molar-refractivity contribution in [3.05, 3.63) is 229 Å². The predicted molar refractivity (Wildman–Crippen MR) is 269 cm³/mol. The first-order valence-corrected chi connectivity index (χ1v) is 21.5. The number of allylic oxidation sites excluding steroid dienone is 5. The Morgan fingerprint density at radius 3 is 1.95 bits per heavy atom. The van der Waals surface area contributed by atoms with Crippen LogP contribution in [0.15, 0.2) is 216 Å². The number of fused-ring (bicyclic) bond motifs is 10. The number of para-hydroxylation sites is 1. The lowest BCUT2D eigenvalue weighted by Gasteiger charge is -2.28. The van der Waals surface area contributed by atoms with Crippen LogP contribution in [-0.2, 0) is 0 Å². The van der Waals surface area contributed by atoms with Crippen molar-refractivity contribution in [2.24, 2.45) is 0 Å². The SMILES string of the molecule is C=C/C(=C\C=C\c1cccc(/C=C\C)c1C)c1ccc(N(c2ccccc2-c2ccc3oc4c5ccccc5ccc4c3c2)c2cccc3oc4c5ccccc5ccc4c23)cc1. The second kappa shape index (κ2) is 15.7. The molecule has 0 aliphatic carbocycles. The number of anilines is 3. The van der Waals surface area contributed by atoms with Crippen molar-refractivity contribution in [1.82, 2.24) is 0 Å². The molecular formula is C60H43NO2. The molecule has 0 amide bonds. The van der Waals surface area contributed by atoms with Gasteiger partial charge in [-0.3, -0.25) is 0 Å². The summed E-state index contributed by atoms with van der Waals surface area (Å²) in [6, 6.07) is 62.5. The maximum atomic E-state index is 6.75. The summed E-state index contributed by atoms with van der Waals surface area (Å²) < 4.78 is 13.3. The third-order valence-corrected chi connectivity index (χ3v) is 12.4. The van der Waals surface area contributed by atoms with Gasteiger partial charge in [0, 0.05) is 38.2 Å². The maximum absolute atomic E-state index is 6.75. The van der Waals surface area contributed by atoms with Crippen molar-refractivity contribution in [2.75, 3.05) is 4.90 Å². The summed E-state index contributed by atoms with van der Waals surface area (Å²) in [6.45, 7) is 8.43. The lowest BCUT2D eigenvalue weighted by atomic mass is 9.98. The van der Waals surface area contributed by atoms with Gasteiger partial charge in [0.15, 0.2) is 0 Å². The van der Waals surface area contributed by atoms with Crippen LogP contribution in [0.25, 0.3) is 94.3 Å². The number of rotatable bonds is 9. The minimum atomic E-state index is 0.839. The van der Waals surface area contributed by atoms with Crippen molar-refractivity contribution in [2.45, 2.75) is 13.8 Å². The third kappa shape index (κ3) is 6.54. The van der Waals surface area contributed by atoms with Crippen LogP contribution in [-0.4, -0.2) is 0 Å². The van der Waals surface area contributed by atoms with Gasteiger partial charge < -0.3 is 13.7 Å². The van der Waals surface area contributed by atoms with Gasteiger partial charge in [0.2, 0.25) is 0 Å². The highest BCUT2D eigenvalue weighted by Gasteiger charge is 2.23. The Labute approximate surface area is 366 Å². The number of hydrogen-bond donors (Lipinski definition) is 0. The van der Waals surface area contributed by atoms with E-state index >= 15 is 0 Å². The highest BCUT2D eigenvalue weighted by atomic mass is 16.3. The van der Waals surface area contributed by atoms with Gasteiger partial charge in [-0.1, -0.05) is 164 Å². The van der Waals surface area contributed by atoms with E-state index in [1.54, 1.807) is 0 Å². The topological polar surface area (TPSA) is 29.5 Å². The summed E-state index contributed by atoms with van der Waals surface area (Å²) in [6.07, 6.45) is 12.6. The Morgan fingerprint density at radius 1 is 0.540 bits per heavy atom. The van der Waals surface area contributed by atoms with Crippen molar-refractivity contribution in [3.8, 4) is 11.1 Å². The molecule has 0 unspecified atom stereocenters. The molecule has 0 radical (unpaired) electrons. The molecule has 0 bridgehead atoms. The molecule has 0 fully saturated rings. The van der Waals surface area contributed by atoms with Gasteiger partial charge in [0.1, 0.15) is 22.3 Å². The predicted octanol–water partition coefficient (Wildman–Crippen LogP) is 17.6. The van der Waals surface area contributed by atoms with Crippen LogP contribution in [0.2, 0.25) is 0 Å². The molecule has 3 heteroatoms. The minimum Gasteiger partial charge on any atom is -0.455 e. The van der Waals surface area contributed by atoms with Crippen LogP contribution in [0.4, 0.5) is 17.1 Å². The van der Waals surface area contributed by atoms with Gasteiger partial charge in [-0.05, 0) is 113 Å². The Kier molecular flexibility index (Phi) is 9.44. The molecule has 11 aromatic rings. The van der Waals surface area contributed by atoms with E-state index in [1.807, 2.05) is 6.08 Å². The molecule has 0 spiro atoms. The Balaban J connectivity index is 1.07. The summed E-state index contributed by atoms with van der Waals surface area (Å²) in [5.41, 5.74) is 14.6. The van der Waals surface area contributed by atoms with Crippen LogP contribution < -0.4 is 4.90 Å². The molecule has 0 N–H and O–H groups in total. The Bertz CT molecular complexity index is 3670. The number of nitrogens with zero attached hydrogens (tertiary/aromatic N) is 1. The van der Waals surface area contributed by atoms with E-state index in [4.69, 9.17) is 8.83 Å². The third-order valence-electron chi connectivity index (χ3n) is 12.4. The van der Waals surface area contributed by atoms with E-state index in [0.717, 1.165) is 99.4 Å². The number of hydrogen-bond acceptors (Lipinski definition) is 3. The van der Waals surface area contributed by atoms with Crippen molar-refractivity contribution in [3.63, 3.8) is 0 Å². The van der Waals surface area contributed by atoms with E-state index in [9.17, 15) is 0 Å². The zero-order chi connectivity index (χ0) is 42.4. The van der Waals surface area contributed by atoms with E-state index < -0.39 is 0 Å². The van der Waals surface area contributed by atoms with Crippen LogP contribution in [0.3, 0.4) is 0 Å². The normalized spacial score (nSPS) is 12.3. The first kappa shape index (κ1) is 37.8. The molecule has 3 nitrogen and oxygen atoms in total. The van der Waals surface area contributed by atoms with Gasteiger partial charge in [-0.15, -0.1) is 0 Å². The largest absolute Gasteiger partial charge is 0.455 e. The van der Waals surface area contributed by atoms with Gasteiger partial charge >= 0.3 is 0 Å². The fourth-order valence-corrected chi connectivity index (χ4v) is 9.27. The quantitative estimate of drug-likeness (QED) is 0.136. The van der Waals surface area contributed by atoms with E-state index in [0.29, 0.717) is 0 Å². The number of furan rings is 2. The molecular weight excluding hydrogens is 767 g/mol. The molecule has 63 heavy (non-hydrogen) atoms. The highest BCUT2D eigenvalue weighted by molar-refractivity contribution is 6.20. The summed E-state index contributed by atoms with van der Waals surface area (Å²) in [5.74, 6) is 0. The second-order valence-electron chi connectivity index (χ2n) is 16.0. The van der Waals surface area contributed by atoms with Crippen LogP contribution in [0, 0.1) is 6.92 Å². The van der Waals surface area contributed by atoms with Crippen molar-refractivity contribution in [1.29, 1.82) is 0 Å². The summed E-state index contributed by atoms with van der Waals surface area (Å²) in [4.78, 5) is 2.38. The lowest BCUT2D eigenvalue weighted by Crippen LogP contribution is -2.11. The monoisotopic (exact) mass is 809 g/mol. The van der Waals surface area contributed by atoms with E-state index in [2.05, 4.69) is 232 Å². The Hall–Kier alpha value is -8.14. The van der Waals surface area contributed by atoms with Crippen LogP contribution in [0.1, 0.15) is 29.2 Å². The smallest absolute Gasteiger partial charge is 0.143 e. The summed E-state index contributed by atoms with van der Waals surface area (Å²) in [7, 11) is 0. The molecule has 0 aliphatic rings. The highest BCUT2D eigenvalue weighted by Crippen LogP contribution is 2.47. The number of benzene rings is 9. The molecule has 9 aromatic carbocycles. The van der Waals surface area contributed by atoms with Gasteiger partial charge in [-0.25, -0.2) is 0 Å². The van der Waals surface area contributed by atoms with Crippen LogP contribution in [0.5, 0.6) is 0 Å². The van der Waals surface area contributed by atoms with Gasteiger partial charge in [-0.2, -0.15) is 0 Å². The summed E-state index contributed by atoms with van der Waals surface area (Å²) >= 11 is 0. The minimum absolute atomic E-state index is 0.839. The molecule has 300 valence electrons. The fourth-order valence-electron chi connectivity index (χ4n) is 9.27. The van der Waals surface area contributed by atoms with Gasteiger partial charge in [0.25, 0.3) is 0 Å². The standard InChI is InChI=1S/C60H43NO2/c1-4-15-41-19-13-21-42(39(41)3)20-12-18-40(5-2)43-28-33-47(34-29-43)61(55-26-14-27-57-58(55)52-36-31-45-17-7-9-24-50(45)60(52)63-57)54-25-11-10-22-48(54)46-32-37-56-53(38-46)51-35-30-44-16-6-8-23-49(44)59(51)62-56/h4-38H,2H2,1,3H3/b15-4-,20-12+,40-18+. The zero-order valence-corrected chi connectivity index (χ0v) is 35.2. The second-order valence-corrected chi connectivity index (χ2v) is 16.0. The molecule has 0 aliphatic heterocycles. The molecule has 2 heterocycles. The first-order valence-electron chi connectivity index (χ1n) is 21.5. The molecule has 0 saturated carbocycles. The van der Waals surface area contributed by atoms with Gasteiger partial charge in [0.05, 0.1) is 16.8 Å². The maximum Gasteiger partial charge on any atom is 0.143 e. The zero-order valence-electron chi connectivity index (χ0n) is 35.2. The Morgan fingerprint density at radius 2 is 1.19 bits per heavy atom. The fraction of sp³-hybridized carbons (Fsp3) is 0.0333. The van der Waals surface area contributed by atoms with E-state index in [1.165, 1.54) is 22.1 Å².